The molecule has 5 aromatic rings. The van der Waals surface area contributed by atoms with Gasteiger partial charge in [0, 0.05) is 49.6 Å². The first kappa shape index (κ1) is 28.7. The SMILES string of the molecule is CC.Cc1cc(OCc2cnc(C)nc2)cc(Oc2ccc(-n3c(=O)n(CC4CN(C)C4)c4ncnc(N)c43)cc2)c1. The molecule has 6 rings (SSSR count). The van der Waals surface area contributed by atoms with Gasteiger partial charge in [0.1, 0.15) is 41.5 Å². The lowest BCUT2D eigenvalue weighted by Gasteiger charge is -2.36. The molecule has 2 aromatic carbocycles. The standard InChI is InChI=1S/C29H30N8O3.C2H6/c1-18-8-24(39-16-20-11-31-19(2)32-12-20)10-25(9-18)40-23-6-4-22(5-7-23)37-26-27(30)33-17-34-28(26)36(29(37)38)15-21-13-35(3)14-21;1-2/h4-12,17,21H,13-16H2,1-3H3,(H2,30,33,34);1-2H3. The third-order valence-corrected chi connectivity index (χ3v) is 6.91. The normalized spacial score (nSPS) is 13.4. The van der Waals surface area contributed by atoms with E-state index in [2.05, 4.69) is 31.9 Å². The molecular weight excluding hydrogens is 532 g/mol. The molecule has 1 saturated heterocycles. The Morgan fingerprint density at radius 2 is 1.62 bits per heavy atom. The summed E-state index contributed by atoms with van der Waals surface area (Å²) in [5.74, 6) is 3.30. The molecule has 3 aromatic heterocycles. The fourth-order valence-electron chi connectivity index (χ4n) is 5.02. The molecule has 0 bridgehead atoms. The third kappa shape index (κ3) is 6.10. The lowest BCUT2D eigenvalue weighted by Crippen LogP contribution is -2.46. The Balaban J connectivity index is 0.00000173. The topological polar surface area (TPSA) is 126 Å². The number of imidazole rings is 1. The molecule has 2 N–H and O–H groups in total. The average molecular weight is 569 g/mol. The minimum absolute atomic E-state index is 0.190. The molecule has 1 aliphatic heterocycles. The fraction of sp³-hybridized carbons (Fsp3) is 0.323. The number of hydrogen-bond acceptors (Lipinski definition) is 9. The highest BCUT2D eigenvalue weighted by Gasteiger charge is 2.27. The first-order chi connectivity index (χ1) is 20.3. The van der Waals surface area contributed by atoms with E-state index in [-0.39, 0.29) is 11.5 Å². The molecule has 0 saturated carbocycles. The van der Waals surface area contributed by atoms with E-state index >= 15 is 0 Å². The smallest absolute Gasteiger partial charge is 0.335 e. The van der Waals surface area contributed by atoms with Crippen molar-refractivity contribution in [2.24, 2.45) is 5.92 Å². The van der Waals surface area contributed by atoms with Crippen molar-refractivity contribution < 1.29 is 9.47 Å². The highest BCUT2D eigenvalue weighted by molar-refractivity contribution is 5.84. The molecular formula is C31H36N8O3. The number of likely N-dealkylation sites (tertiary alicyclic amines) is 1. The van der Waals surface area contributed by atoms with Gasteiger partial charge in [-0.3, -0.25) is 9.13 Å². The first-order valence-electron chi connectivity index (χ1n) is 14.0. The van der Waals surface area contributed by atoms with E-state index in [1.54, 1.807) is 21.5 Å². The van der Waals surface area contributed by atoms with Crippen molar-refractivity contribution in [1.82, 2.24) is 34.0 Å². The molecule has 42 heavy (non-hydrogen) atoms. The van der Waals surface area contributed by atoms with Crippen molar-refractivity contribution in [3.05, 3.63) is 88.6 Å². The second-order valence-electron chi connectivity index (χ2n) is 10.3. The summed E-state index contributed by atoms with van der Waals surface area (Å²) >= 11 is 0. The van der Waals surface area contributed by atoms with E-state index < -0.39 is 0 Å². The van der Waals surface area contributed by atoms with Crippen LogP contribution >= 0.6 is 0 Å². The van der Waals surface area contributed by atoms with Gasteiger partial charge in [0.15, 0.2) is 11.5 Å². The predicted molar refractivity (Wildman–Crippen MR) is 162 cm³/mol. The van der Waals surface area contributed by atoms with Crippen LogP contribution in [0, 0.1) is 19.8 Å². The minimum atomic E-state index is -0.190. The van der Waals surface area contributed by atoms with Gasteiger partial charge in [0.2, 0.25) is 0 Å². The molecule has 0 aliphatic carbocycles. The summed E-state index contributed by atoms with van der Waals surface area (Å²) in [6.45, 7) is 10.6. The van der Waals surface area contributed by atoms with Crippen LogP contribution in [0.2, 0.25) is 0 Å². The van der Waals surface area contributed by atoms with E-state index in [0.717, 1.165) is 30.0 Å². The maximum absolute atomic E-state index is 13.6. The van der Waals surface area contributed by atoms with E-state index in [9.17, 15) is 4.79 Å². The van der Waals surface area contributed by atoms with Crippen LogP contribution in [0.4, 0.5) is 5.82 Å². The zero-order valence-corrected chi connectivity index (χ0v) is 24.6. The average Bonchev–Trinajstić information content (AvgIpc) is 3.25. The van der Waals surface area contributed by atoms with Gasteiger partial charge in [0.05, 0.1) is 5.69 Å². The number of nitrogen functional groups attached to an aromatic ring is 1. The van der Waals surface area contributed by atoms with Crippen molar-refractivity contribution in [3.8, 4) is 22.9 Å². The first-order valence-corrected chi connectivity index (χ1v) is 14.0. The number of anilines is 1. The largest absolute Gasteiger partial charge is 0.489 e. The molecule has 0 radical (unpaired) electrons. The summed E-state index contributed by atoms with van der Waals surface area (Å²) in [5.41, 5.74) is 9.62. The second-order valence-corrected chi connectivity index (χ2v) is 10.3. The van der Waals surface area contributed by atoms with Crippen LogP contribution in [0.25, 0.3) is 16.9 Å². The quantitative estimate of drug-likeness (QED) is 0.287. The van der Waals surface area contributed by atoms with E-state index in [1.165, 1.54) is 6.33 Å². The monoisotopic (exact) mass is 568 g/mol. The third-order valence-electron chi connectivity index (χ3n) is 6.91. The van der Waals surface area contributed by atoms with E-state index in [4.69, 9.17) is 15.2 Å². The number of aromatic nitrogens is 6. The predicted octanol–water partition coefficient (Wildman–Crippen LogP) is 4.53. The van der Waals surface area contributed by atoms with Gasteiger partial charge in [-0.25, -0.2) is 24.7 Å². The van der Waals surface area contributed by atoms with Gasteiger partial charge < -0.3 is 20.1 Å². The Kier molecular flexibility index (Phi) is 8.48. The number of rotatable bonds is 8. The lowest BCUT2D eigenvalue weighted by atomic mass is 10.0. The number of aryl methyl sites for hydroxylation is 2. The number of hydrogen-bond donors (Lipinski definition) is 1. The van der Waals surface area contributed by atoms with Crippen LogP contribution in [-0.4, -0.2) is 54.1 Å². The van der Waals surface area contributed by atoms with Gasteiger partial charge >= 0.3 is 5.69 Å². The Bertz CT molecular complexity index is 1720. The lowest BCUT2D eigenvalue weighted by molar-refractivity contribution is 0.119. The number of ether oxygens (including phenoxy) is 2. The summed E-state index contributed by atoms with van der Waals surface area (Å²) < 4.78 is 15.4. The van der Waals surface area contributed by atoms with Crippen molar-refractivity contribution in [3.63, 3.8) is 0 Å². The van der Waals surface area contributed by atoms with Crippen LogP contribution in [0.5, 0.6) is 17.2 Å². The van der Waals surface area contributed by atoms with E-state index in [0.29, 0.717) is 53.2 Å². The van der Waals surface area contributed by atoms with Crippen LogP contribution in [0.15, 0.2) is 66.0 Å². The molecule has 218 valence electrons. The van der Waals surface area contributed by atoms with Crippen molar-refractivity contribution in [2.45, 2.75) is 40.8 Å². The molecule has 1 aliphatic rings. The molecule has 0 spiro atoms. The summed E-state index contributed by atoms with van der Waals surface area (Å²) in [6, 6.07) is 13.0. The molecule has 11 nitrogen and oxygen atoms in total. The number of nitrogens with zero attached hydrogens (tertiary/aromatic N) is 7. The summed E-state index contributed by atoms with van der Waals surface area (Å²) in [4.78, 5) is 32.7. The molecule has 11 heteroatoms. The van der Waals surface area contributed by atoms with Gasteiger partial charge in [-0.1, -0.05) is 13.8 Å². The highest BCUT2D eigenvalue weighted by atomic mass is 16.5. The molecule has 0 unspecified atom stereocenters. The Morgan fingerprint density at radius 3 is 2.31 bits per heavy atom. The van der Waals surface area contributed by atoms with Crippen LogP contribution < -0.4 is 20.9 Å². The van der Waals surface area contributed by atoms with Gasteiger partial charge in [-0.15, -0.1) is 0 Å². The number of nitrogens with two attached hydrogens (primary N) is 1. The molecule has 1 fully saturated rings. The molecule has 4 heterocycles. The minimum Gasteiger partial charge on any atom is -0.489 e. The summed E-state index contributed by atoms with van der Waals surface area (Å²) in [5, 5.41) is 0. The van der Waals surface area contributed by atoms with Gasteiger partial charge in [-0.05, 0) is 62.9 Å². The van der Waals surface area contributed by atoms with Crippen LogP contribution in [0.1, 0.15) is 30.8 Å². The molecule has 0 atom stereocenters. The summed E-state index contributed by atoms with van der Waals surface area (Å²) in [6.07, 6.45) is 4.91. The second kappa shape index (κ2) is 12.4. The van der Waals surface area contributed by atoms with Gasteiger partial charge in [0.25, 0.3) is 0 Å². The number of benzene rings is 2. The van der Waals surface area contributed by atoms with Crippen molar-refractivity contribution in [1.29, 1.82) is 0 Å². The van der Waals surface area contributed by atoms with Crippen LogP contribution in [-0.2, 0) is 13.2 Å². The van der Waals surface area contributed by atoms with Crippen molar-refractivity contribution in [2.75, 3.05) is 25.9 Å². The maximum Gasteiger partial charge on any atom is 0.335 e. The fourth-order valence-corrected chi connectivity index (χ4v) is 5.02. The Labute approximate surface area is 244 Å². The zero-order chi connectivity index (χ0) is 29.8. The Hall–Kier alpha value is -4.77. The van der Waals surface area contributed by atoms with Crippen molar-refractivity contribution >= 4 is 17.0 Å². The molecule has 0 amide bonds. The van der Waals surface area contributed by atoms with Crippen LogP contribution in [0.3, 0.4) is 0 Å². The number of fused-ring (bicyclic) bond motifs is 1. The highest BCUT2D eigenvalue weighted by Crippen LogP contribution is 2.29. The maximum atomic E-state index is 13.6. The van der Waals surface area contributed by atoms with Gasteiger partial charge in [-0.2, -0.15) is 0 Å². The van der Waals surface area contributed by atoms with E-state index in [1.807, 2.05) is 70.2 Å². The zero-order valence-electron chi connectivity index (χ0n) is 24.6. The summed E-state index contributed by atoms with van der Waals surface area (Å²) in [7, 11) is 2.07. The Morgan fingerprint density at radius 1 is 0.929 bits per heavy atom.